The van der Waals surface area contributed by atoms with Crippen LogP contribution < -0.4 is 0 Å². The third kappa shape index (κ3) is 3.66. The highest BCUT2D eigenvalue weighted by Gasteiger charge is 2.22. The molecule has 10 heteroatoms. The van der Waals surface area contributed by atoms with Gasteiger partial charge in [0.05, 0.1) is 5.56 Å². The number of aromatic nitrogens is 8. The minimum absolute atomic E-state index is 0.468. The molecule has 10 nitrogen and oxygen atoms in total. The van der Waals surface area contributed by atoms with Gasteiger partial charge in [-0.1, -0.05) is 0 Å². The van der Waals surface area contributed by atoms with Gasteiger partial charge in [-0.05, 0) is 46.2 Å². The Balaban J connectivity index is 1.62. The fourth-order valence-electron chi connectivity index (χ4n) is 3.82. The molecule has 0 spiro atoms. The molecule has 0 bridgehead atoms. The average Bonchev–Trinajstić information content (AvgIpc) is 3.30. The topological polar surface area (TPSA) is 114 Å². The lowest BCUT2D eigenvalue weighted by Crippen LogP contribution is -2.26. The quantitative estimate of drug-likeness (QED) is 0.388. The number of carbonyl (C=O) groups excluding carboxylic acids is 1. The van der Waals surface area contributed by atoms with Gasteiger partial charge in [0, 0.05) is 42.8 Å². The van der Waals surface area contributed by atoms with Gasteiger partial charge in [-0.2, -0.15) is 0 Å². The van der Waals surface area contributed by atoms with Crippen molar-refractivity contribution in [1.82, 2.24) is 39.0 Å². The first-order chi connectivity index (χ1) is 16.1. The molecule has 0 aliphatic carbocycles. The Kier molecular flexibility index (Phi) is 4.89. The molecule has 5 rings (SSSR count). The molecule has 0 amide bonds. The number of ether oxygens (including phenoxy) is 1. The van der Waals surface area contributed by atoms with Gasteiger partial charge in [0.25, 0.3) is 0 Å². The summed E-state index contributed by atoms with van der Waals surface area (Å²) in [6.07, 6.45) is 7.96. The van der Waals surface area contributed by atoms with E-state index in [0.717, 1.165) is 22.1 Å². The second-order valence-corrected chi connectivity index (χ2v) is 9.17. The lowest BCUT2D eigenvalue weighted by atomic mass is 10.1. The Morgan fingerprint density at radius 3 is 2.35 bits per heavy atom. The normalized spacial score (nSPS) is 11.9. The molecule has 0 saturated heterocycles. The summed E-state index contributed by atoms with van der Waals surface area (Å²) in [6.45, 7) is 9.27. The van der Waals surface area contributed by atoms with Gasteiger partial charge in [0.2, 0.25) is 0 Å². The second-order valence-electron chi connectivity index (χ2n) is 9.17. The van der Waals surface area contributed by atoms with E-state index >= 15 is 0 Å². The van der Waals surface area contributed by atoms with E-state index in [1.165, 1.54) is 10.9 Å². The first kappa shape index (κ1) is 21.6. The van der Waals surface area contributed by atoms with E-state index in [9.17, 15) is 4.79 Å². The minimum Gasteiger partial charge on any atom is -0.443 e. The summed E-state index contributed by atoms with van der Waals surface area (Å²) in [5, 5.41) is 0.832. The molecular weight excluding hydrogens is 432 g/mol. The molecule has 0 atom stereocenters. The van der Waals surface area contributed by atoms with Crippen molar-refractivity contribution in [3.8, 4) is 22.6 Å². The van der Waals surface area contributed by atoms with Crippen LogP contribution in [0, 0.1) is 13.8 Å². The molecule has 0 unspecified atom stereocenters. The fourth-order valence-corrected chi connectivity index (χ4v) is 3.82. The summed E-state index contributed by atoms with van der Waals surface area (Å²) in [7, 11) is 1.90. The molecule has 0 N–H and O–H groups in total. The summed E-state index contributed by atoms with van der Waals surface area (Å²) in [5.74, 6) is 1.38. The van der Waals surface area contributed by atoms with Crippen LogP contribution in [0.3, 0.4) is 0 Å². The van der Waals surface area contributed by atoms with Crippen molar-refractivity contribution in [2.24, 2.45) is 7.05 Å². The van der Waals surface area contributed by atoms with Crippen LogP contribution >= 0.6 is 0 Å². The second kappa shape index (κ2) is 7.68. The molecule has 34 heavy (non-hydrogen) atoms. The predicted molar refractivity (Wildman–Crippen MR) is 127 cm³/mol. The smallest absolute Gasteiger partial charge is 0.420 e. The van der Waals surface area contributed by atoms with Gasteiger partial charge in [-0.3, -0.25) is 0 Å². The third-order valence-corrected chi connectivity index (χ3v) is 5.40. The minimum atomic E-state index is -0.604. The average molecular weight is 457 g/mol. The Morgan fingerprint density at radius 1 is 0.941 bits per heavy atom. The maximum absolute atomic E-state index is 12.7. The van der Waals surface area contributed by atoms with Gasteiger partial charge < -0.3 is 9.30 Å². The first-order valence-electron chi connectivity index (χ1n) is 10.8. The molecule has 5 aromatic rings. The number of pyridine rings is 1. The van der Waals surface area contributed by atoms with Crippen LogP contribution in [0.15, 0.2) is 37.2 Å². The maximum Gasteiger partial charge on any atom is 0.420 e. The van der Waals surface area contributed by atoms with Crippen LogP contribution in [0.2, 0.25) is 0 Å². The highest BCUT2D eigenvalue weighted by atomic mass is 16.6. The van der Waals surface area contributed by atoms with Gasteiger partial charge in [0.1, 0.15) is 40.4 Å². The van der Waals surface area contributed by atoms with Crippen LogP contribution in [0.5, 0.6) is 0 Å². The third-order valence-electron chi connectivity index (χ3n) is 5.40. The van der Waals surface area contributed by atoms with Gasteiger partial charge >= 0.3 is 6.09 Å². The Bertz CT molecular complexity index is 1560. The largest absolute Gasteiger partial charge is 0.443 e. The van der Waals surface area contributed by atoms with Crippen LogP contribution in [-0.4, -0.2) is 50.7 Å². The van der Waals surface area contributed by atoms with E-state index in [4.69, 9.17) is 9.72 Å². The predicted octanol–water partition coefficient (Wildman–Crippen LogP) is 4.24. The summed E-state index contributed by atoms with van der Waals surface area (Å²) in [4.78, 5) is 39.6. The lowest BCUT2D eigenvalue weighted by molar-refractivity contribution is 0.0543. The van der Waals surface area contributed by atoms with Crippen molar-refractivity contribution in [1.29, 1.82) is 0 Å². The number of fused-ring (bicyclic) bond motifs is 2. The number of rotatable bonds is 2. The lowest BCUT2D eigenvalue weighted by Gasteiger charge is -2.19. The van der Waals surface area contributed by atoms with Crippen LogP contribution in [-0.2, 0) is 11.8 Å². The number of imidazole rings is 1. The standard InChI is InChI=1S/C24H24N8O2/c1-13-11-32(23(33)34-24(3,4)5)21-17(13)7-15(8-27-21)18-19-22(29-12-28-18)31(6)20(30-19)16-9-25-14(2)26-10-16/h7-12H,1-6H3. The van der Waals surface area contributed by atoms with Crippen LogP contribution in [0.1, 0.15) is 32.2 Å². The van der Waals surface area contributed by atoms with E-state index in [0.29, 0.717) is 34.2 Å². The summed E-state index contributed by atoms with van der Waals surface area (Å²) in [5.41, 5.74) is 4.37. The summed E-state index contributed by atoms with van der Waals surface area (Å²) in [6, 6.07) is 1.96. The van der Waals surface area contributed by atoms with Crippen molar-refractivity contribution >= 4 is 28.3 Å². The zero-order valence-corrected chi connectivity index (χ0v) is 19.9. The van der Waals surface area contributed by atoms with Crippen molar-refractivity contribution in [3.05, 3.63) is 48.6 Å². The number of hydrogen-bond donors (Lipinski definition) is 0. The molecule has 0 saturated carbocycles. The van der Waals surface area contributed by atoms with Gasteiger partial charge in [-0.25, -0.2) is 39.3 Å². The Hall–Kier alpha value is -4.21. The molecule has 0 aliphatic rings. The molecule has 172 valence electrons. The number of hydrogen-bond acceptors (Lipinski definition) is 8. The van der Waals surface area contributed by atoms with Crippen molar-refractivity contribution in [3.63, 3.8) is 0 Å². The van der Waals surface area contributed by atoms with E-state index in [1.54, 1.807) is 24.8 Å². The summed E-state index contributed by atoms with van der Waals surface area (Å²) < 4.78 is 8.85. The molecule has 0 aliphatic heterocycles. The van der Waals surface area contributed by atoms with Crippen LogP contribution in [0.25, 0.3) is 44.8 Å². The van der Waals surface area contributed by atoms with E-state index in [2.05, 4.69) is 24.9 Å². The monoisotopic (exact) mass is 456 g/mol. The Labute approximate surface area is 195 Å². The van der Waals surface area contributed by atoms with Crippen molar-refractivity contribution in [2.45, 2.75) is 40.2 Å². The maximum atomic E-state index is 12.7. The van der Waals surface area contributed by atoms with Crippen molar-refractivity contribution < 1.29 is 9.53 Å². The van der Waals surface area contributed by atoms with E-state index < -0.39 is 11.7 Å². The van der Waals surface area contributed by atoms with E-state index in [1.807, 2.05) is 52.3 Å². The van der Waals surface area contributed by atoms with Gasteiger partial charge in [-0.15, -0.1) is 0 Å². The molecular formula is C24H24N8O2. The number of nitrogens with zero attached hydrogens (tertiary/aromatic N) is 8. The number of carbonyl (C=O) groups is 1. The summed E-state index contributed by atoms with van der Waals surface area (Å²) >= 11 is 0. The zero-order valence-electron chi connectivity index (χ0n) is 19.9. The molecule has 0 radical (unpaired) electrons. The Morgan fingerprint density at radius 2 is 1.65 bits per heavy atom. The zero-order chi connectivity index (χ0) is 24.2. The first-order valence-corrected chi connectivity index (χ1v) is 10.8. The molecule has 0 fully saturated rings. The molecule has 0 aromatic carbocycles. The SMILES string of the molecule is Cc1ncc(-c2nc3c(-c4cnc5c(c4)c(C)cn5C(=O)OC(C)(C)C)ncnc3n2C)cn1. The molecule has 5 heterocycles. The highest BCUT2D eigenvalue weighted by Crippen LogP contribution is 2.31. The number of aryl methyl sites for hydroxylation is 3. The highest BCUT2D eigenvalue weighted by molar-refractivity contribution is 5.95. The fraction of sp³-hybridized carbons (Fsp3) is 0.292. The van der Waals surface area contributed by atoms with Crippen LogP contribution in [0.4, 0.5) is 4.79 Å². The van der Waals surface area contributed by atoms with Crippen molar-refractivity contribution in [2.75, 3.05) is 0 Å². The molecule has 5 aromatic heterocycles. The van der Waals surface area contributed by atoms with E-state index in [-0.39, 0.29) is 0 Å². The van der Waals surface area contributed by atoms with Gasteiger partial charge in [0.15, 0.2) is 5.65 Å².